The lowest BCUT2D eigenvalue weighted by Crippen LogP contribution is -2.39. The highest BCUT2D eigenvalue weighted by Gasteiger charge is 2.43. The van der Waals surface area contributed by atoms with Gasteiger partial charge in [0.15, 0.2) is 0 Å². The van der Waals surface area contributed by atoms with Gasteiger partial charge in [-0.3, -0.25) is 4.79 Å². The van der Waals surface area contributed by atoms with Gasteiger partial charge in [-0.05, 0) is 12.1 Å². The summed E-state index contributed by atoms with van der Waals surface area (Å²) in [6.45, 7) is 0. The summed E-state index contributed by atoms with van der Waals surface area (Å²) >= 11 is 0. The zero-order valence-electron chi connectivity index (χ0n) is 8.95. The van der Waals surface area contributed by atoms with Gasteiger partial charge < -0.3 is 10.0 Å². The molecule has 0 saturated heterocycles. The van der Waals surface area contributed by atoms with Gasteiger partial charge in [0.1, 0.15) is 5.82 Å². The molecule has 0 bridgehead atoms. The van der Waals surface area contributed by atoms with Crippen molar-refractivity contribution in [1.29, 1.82) is 0 Å². The van der Waals surface area contributed by atoms with E-state index in [0.717, 1.165) is 18.2 Å². The van der Waals surface area contributed by atoms with Crippen molar-refractivity contribution in [2.24, 2.45) is 0 Å². The number of hydrogen-bond acceptors (Lipinski definition) is 2. The number of carbonyl (C=O) groups is 2. The summed E-state index contributed by atoms with van der Waals surface area (Å²) < 4.78 is 50.0. The maximum atomic E-state index is 13.4. The molecule has 1 aromatic carbocycles. The van der Waals surface area contributed by atoms with Crippen LogP contribution in [0, 0.1) is 5.82 Å². The number of alkyl halides is 3. The Morgan fingerprint density at radius 2 is 1.83 bits per heavy atom. The average molecular weight is 265 g/mol. The molecule has 0 saturated carbocycles. The van der Waals surface area contributed by atoms with Crippen LogP contribution < -0.4 is 4.90 Å². The predicted octanol–water partition coefficient (Wildman–Crippen LogP) is 2.05. The van der Waals surface area contributed by atoms with Crippen LogP contribution in [0.15, 0.2) is 18.2 Å². The van der Waals surface area contributed by atoms with E-state index >= 15 is 0 Å². The second-order valence-electron chi connectivity index (χ2n) is 3.30. The van der Waals surface area contributed by atoms with Crippen molar-refractivity contribution in [2.75, 3.05) is 11.9 Å². The number of benzene rings is 1. The maximum Gasteiger partial charge on any atom is 0.471 e. The standard InChI is InChI=1S/C10H7F4NO3/c1-15(9(18)10(12,13)14)7-5(8(16)17)3-2-4-6(7)11/h2-4H,1H3,(H,16,17). The van der Waals surface area contributed by atoms with E-state index in [-0.39, 0.29) is 4.90 Å². The van der Waals surface area contributed by atoms with Crippen molar-refractivity contribution in [3.05, 3.63) is 29.6 Å². The number of halogens is 4. The van der Waals surface area contributed by atoms with Crippen molar-refractivity contribution in [2.45, 2.75) is 6.18 Å². The third-order valence-electron chi connectivity index (χ3n) is 2.10. The van der Waals surface area contributed by atoms with Crippen LogP contribution in [0.4, 0.5) is 23.2 Å². The summed E-state index contributed by atoms with van der Waals surface area (Å²) in [6, 6.07) is 2.69. The molecule has 1 aromatic rings. The summed E-state index contributed by atoms with van der Waals surface area (Å²) in [5.74, 6) is -5.21. The molecule has 1 amide bonds. The molecule has 0 aromatic heterocycles. The van der Waals surface area contributed by atoms with E-state index in [1.165, 1.54) is 0 Å². The molecule has 0 radical (unpaired) electrons. The molecule has 0 unspecified atom stereocenters. The number of para-hydroxylation sites is 1. The Kier molecular flexibility index (Phi) is 3.59. The summed E-state index contributed by atoms with van der Waals surface area (Å²) in [5, 5.41) is 8.74. The first-order valence-corrected chi connectivity index (χ1v) is 4.53. The molecule has 0 aliphatic rings. The number of hydrogen-bond donors (Lipinski definition) is 1. The zero-order valence-corrected chi connectivity index (χ0v) is 8.95. The minimum atomic E-state index is -5.22. The van der Waals surface area contributed by atoms with E-state index in [4.69, 9.17) is 5.11 Å². The van der Waals surface area contributed by atoms with E-state index < -0.39 is 35.1 Å². The van der Waals surface area contributed by atoms with E-state index in [1.54, 1.807) is 0 Å². The Bertz CT molecular complexity index is 498. The van der Waals surface area contributed by atoms with Crippen LogP contribution in [-0.2, 0) is 4.79 Å². The van der Waals surface area contributed by atoms with Crippen molar-refractivity contribution in [1.82, 2.24) is 0 Å². The summed E-state index contributed by atoms with van der Waals surface area (Å²) in [4.78, 5) is 21.6. The van der Waals surface area contributed by atoms with Gasteiger partial charge in [-0.2, -0.15) is 13.2 Å². The molecule has 0 heterocycles. The number of carbonyl (C=O) groups excluding carboxylic acids is 1. The second kappa shape index (κ2) is 4.63. The van der Waals surface area contributed by atoms with Gasteiger partial charge in [-0.1, -0.05) is 6.07 Å². The lowest BCUT2D eigenvalue weighted by Gasteiger charge is -2.20. The van der Waals surface area contributed by atoms with Gasteiger partial charge in [0.05, 0.1) is 11.3 Å². The predicted molar refractivity (Wildman–Crippen MR) is 52.8 cm³/mol. The molecular formula is C10H7F4NO3. The van der Waals surface area contributed by atoms with E-state index in [2.05, 4.69) is 0 Å². The summed E-state index contributed by atoms with van der Waals surface area (Å²) in [7, 11) is 0.653. The fraction of sp³-hybridized carbons (Fsp3) is 0.200. The van der Waals surface area contributed by atoms with Crippen molar-refractivity contribution in [3.8, 4) is 0 Å². The zero-order chi connectivity index (χ0) is 14.1. The first-order valence-electron chi connectivity index (χ1n) is 4.53. The van der Waals surface area contributed by atoms with Gasteiger partial charge in [0.2, 0.25) is 0 Å². The molecule has 98 valence electrons. The van der Waals surface area contributed by atoms with Crippen molar-refractivity contribution >= 4 is 17.6 Å². The van der Waals surface area contributed by atoms with Gasteiger partial charge in [0.25, 0.3) is 0 Å². The number of carboxylic acid groups (broad SMARTS) is 1. The highest BCUT2D eigenvalue weighted by molar-refractivity contribution is 6.03. The molecule has 0 atom stereocenters. The minimum absolute atomic E-state index is 0.0706. The van der Waals surface area contributed by atoms with E-state index in [1.807, 2.05) is 0 Å². The van der Waals surface area contributed by atoms with Gasteiger partial charge in [-0.25, -0.2) is 9.18 Å². The molecule has 1 N–H and O–H groups in total. The summed E-state index contributed by atoms with van der Waals surface area (Å²) in [6.07, 6.45) is -5.22. The van der Waals surface area contributed by atoms with Crippen LogP contribution >= 0.6 is 0 Å². The van der Waals surface area contributed by atoms with Crippen LogP contribution in [0.3, 0.4) is 0 Å². The molecule has 0 spiro atoms. The molecular weight excluding hydrogens is 258 g/mol. The maximum absolute atomic E-state index is 13.4. The number of rotatable bonds is 2. The molecule has 1 rings (SSSR count). The highest BCUT2D eigenvalue weighted by atomic mass is 19.4. The molecule has 18 heavy (non-hydrogen) atoms. The average Bonchev–Trinajstić information content (AvgIpc) is 2.25. The molecule has 8 heteroatoms. The van der Waals surface area contributed by atoms with Crippen LogP contribution in [0.1, 0.15) is 10.4 Å². The third-order valence-corrected chi connectivity index (χ3v) is 2.10. The topological polar surface area (TPSA) is 57.6 Å². The van der Waals surface area contributed by atoms with Gasteiger partial charge in [-0.15, -0.1) is 0 Å². The third kappa shape index (κ3) is 2.58. The van der Waals surface area contributed by atoms with Crippen LogP contribution in [0.2, 0.25) is 0 Å². The fourth-order valence-corrected chi connectivity index (χ4v) is 1.32. The van der Waals surface area contributed by atoms with E-state index in [0.29, 0.717) is 7.05 Å². The molecule has 0 aliphatic heterocycles. The number of carboxylic acids is 1. The van der Waals surface area contributed by atoms with Crippen molar-refractivity contribution < 1.29 is 32.3 Å². The van der Waals surface area contributed by atoms with E-state index in [9.17, 15) is 27.2 Å². The number of anilines is 1. The first-order chi connectivity index (χ1) is 8.16. The lowest BCUT2D eigenvalue weighted by atomic mass is 10.1. The van der Waals surface area contributed by atoms with Crippen LogP contribution in [0.25, 0.3) is 0 Å². The normalized spacial score (nSPS) is 11.2. The van der Waals surface area contributed by atoms with Gasteiger partial charge >= 0.3 is 18.1 Å². The number of amides is 1. The first kappa shape index (κ1) is 13.9. The molecule has 4 nitrogen and oxygen atoms in total. The Labute approximate surface area is 98.4 Å². The molecule has 0 aliphatic carbocycles. The summed E-state index contributed by atoms with van der Waals surface area (Å²) in [5.41, 5.74) is -1.65. The Morgan fingerprint density at radius 1 is 1.28 bits per heavy atom. The quantitative estimate of drug-likeness (QED) is 0.832. The Hall–Kier alpha value is -2.12. The number of aromatic carboxylic acids is 1. The largest absolute Gasteiger partial charge is 0.478 e. The minimum Gasteiger partial charge on any atom is -0.478 e. The van der Waals surface area contributed by atoms with Crippen LogP contribution in [0.5, 0.6) is 0 Å². The fourth-order valence-electron chi connectivity index (χ4n) is 1.32. The van der Waals surface area contributed by atoms with Crippen molar-refractivity contribution in [3.63, 3.8) is 0 Å². The van der Waals surface area contributed by atoms with Gasteiger partial charge in [0, 0.05) is 7.05 Å². The molecule has 0 fully saturated rings. The number of nitrogens with zero attached hydrogens (tertiary/aromatic N) is 1. The lowest BCUT2D eigenvalue weighted by molar-refractivity contribution is -0.170. The Morgan fingerprint density at radius 3 is 2.28 bits per heavy atom. The Balaban J connectivity index is 3.33. The monoisotopic (exact) mass is 265 g/mol. The van der Waals surface area contributed by atoms with Crippen LogP contribution in [-0.4, -0.2) is 30.2 Å². The smallest absolute Gasteiger partial charge is 0.471 e. The second-order valence-corrected chi connectivity index (χ2v) is 3.30. The highest BCUT2D eigenvalue weighted by Crippen LogP contribution is 2.27. The SMILES string of the molecule is CN(C(=O)C(F)(F)F)c1c(F)cccc1C(=O)O.